The molecule has 58 valence electrons. The molecule has 0 aromatic carbocycles. The number of hydrogen-bond donors (Lipinski definition) is 2. The van der Waals surface area contributed by atoms with E-state index in [4.69, 9.17) is 11.1 Å². The van der Waals surface area contributed by atoms with Crippen LogP contribution >= 0.6 is 0 Å². The number of nitrogens with two attached hydrogens (primary N) is 1. The molecule has 1 aromatic heterocycles. The van der Waals surface area contributed by atoms with Crippen LogP contribution in [0.3, 0.4) is 0 Å². The fourth-order valence-electron chi connectivity index (χ4n) is 0.823. The van der Waals surface area contributed by atoms with E-state index in [1.54, 1.807) is 6.20 Å². The van der Waals surface area contributed by atoms with Gasteiger partial charge in [-0.3, -0.25) is 10.4 Å². The molecule has 1 aromatic rings. The molecule has 1 rings (SSSR count). The standard InChI is InChI=1S/C8H11N3/c1-6-2-3-7(5-11-6)4-8(9)10/h2-3,5H,4H2,1H3,(H3,9,10). The van der Waals surface area contributed by atoms with Gasteiger partial charge in [0.25, 0.3) is 0 Å². The lowest BCUT2D eigenvalue weighted by Gasteiger charge is -1.97. The third kappa shape index (κ3) is 2.37. The highest BCUT2D eigenvalue weighted by Crippen LogP contribution is 1.99. The summed E-state index contributed by atoms with van der Waals surface area (Å²) in [6.45, 7) is 1.93. The van der Waals surface area contributed by atoms with Gasteiger partial charge < -0.3 is 5.73 Å². The fraction of sp³-hybridized carbons (Fsp3) is 0.250. The highest BCUT2D eigenvalue weighted by Gasteiger charge is 1.93. The van der Waals surface area contributed by atoms with Crippen LogP contribution in [0, 0.1) is 12.3 Å². The van der Waals surface area contributed by atoms with Gasteiger partial charge in [0.15, 0.2) is 0 Å². The lowest BCUT2D eigenvalue weighted by molar-refractivity contribution is 1.13. The zero-order valence-corrected chi connectivity index (χ0v) is 6.46. The summed E-state index contributed by atoms with van der Waals surface area (Å²) < 4.78 is 0. The summed E-state index contributed by atoms with van der Waals surface area (Å²) >= 11 is 0. The largest absolute Gasteiger partial charge is 0.387 e. The Morgan fingerprint density at radius 3 is 2.82 bits per heavy atom. The number of pyridine rings is 1. The van der Waals surface area contributed by atoms with Crippen LogP contribution in [0.5, 0.6) is 0 Å². The minimum Gasteiger partial charge on any atom is -0.387 e. The van der Waals surface area contributed by atoms with E-state index < -0.39 is 0 Å². The molecule has 0 aliphatic carbocycles. The van der Waals surface area contributed by atoms with Crippen molar-refractivity contribution in [1.82, 2.24) is 4.98 Å². The number of nitrogens with one attached hydrogen (secondary N) is 1. The maximum Gasteiger partial charge on any atom is 0.0950 e. The highest BCUT2D eigenvalue weighted by atomic mass is 14.7. The lowest BCUT2D eigenvalue weighted by Crippen LogP contribution is -2.12. The van der Waals surface area contributed by atoms with Gasteiger partial charge in [0, 0.05) is 18.3 Å². The third-order valence-electron chi connectivity index (χ3n) is 1.37. The summed E-state index contributed by atoms with van der Waals surface area (Å²) in [6, 6.07) is 3.85. The predicted molar refractivity (Wildman–Crippen MR) is 44.6 cm³/mol. The summed E-state index contributed by atoms with van der Waals surface area (Å²) in [5.41, 5.74) is 7.19. The van der Waals surface area contributed by atoms with Crippen LogP contribution < -0.4 is 5.73 Å². The number of aryl methyl sites for hydroxylation is 1. The Hall–Kier alpha value is -1.38. The summed E-state index contributed by atoms with van der Waals surface area (Å²) in [6.07, 6.45) is 2.24. The van der Waals surface area contributed by atoms with Crippen LogP contribution in [-0.2, 0) is 6.42 Å². The lowest BCUT2D eigenvalue weighted by atomic mass is 10.2. The minimum atomic E-state index is 0.177. The topological polar surface area (TPSA) is 62.8 Å². The van der Waals surface area contributed by atoms with Gasteiger partial charge in [-0.25, -0.2) is 0 Å². The number of hydrogen-bond acceptors (Lipinski definition) is 2. The van der Waals surface area contributed by atoms with Gasteiger partial charge in [0.2, 0.25) is 0 Å². The van der Waals surface area contributed by atoms with E-state index in [1.165, 1.54) is 0 Å². The van der Waals surface area contributed by atoms with Gasteiger partial charge in [0.1, 0.15) is 0 Å². The first-order valence-electron chi connectivity index (χ1n) is 3.43. The van der Waals surface area contributed by atoms with Crippen molar-refractivity contribution in [3.63, 3.8) is 0 Å². The Morgan fingerprint density at radius 2 is 2.36 bits per heavy atom. The molecular weight excluding hydrogens is 138 g/mol. The van der Waals surface area contributed by atoms with E-state index in [9.17, 15) is 0 Å². The van der Waals surface area contributed by atoms with Crippen molar-refractivity contribution in [2.75, 3.05) is 0 Å². The molecule has 3 heteroatoms. The highest BCUT2D eigenvalue weighted by molar-refractivity contribution is 5.79. The van der Waals surface area contributed by atoms with E-state index in [1.807, 2.05) is 19.1 Å². The van der Waals surface area contributed by atoms with Gasteiger partial charge in [0.05, 0.1) is 5.84 Å². The molecule has 0 saturated carbocycles. The van der Waals surface area contributed by atoms with E-state index in [-0.39, 0.29) is 5.84 Å². The molecule has 11 heavy (non-hydrogen) atoms. The average molecular weight is 149 g/mol. The van der Waals surface area contributed by atoms with Crippen LogP contribution in [0.25, 0.3) is 0 Å². The molecule has 0 aliphatic rings. The SMILES string of the molecule is Cc1ccc(CC(=N)N)cn1. The van der Waals surface area contributed by atoms with Crippen molar-refractivity contribution in [3.8, 4) is 0 Å². The second-order valence-electron chi connectivity index (χ2n) is 2.51. The van der Waals surface area contributed by atoms with Crippen molar-refractivity contribution in [3.05, 3.63) is 29.6 Å². The normalized spacial score (nSPS) is 9.55. The molecule has 0 aliphatic heterocycles. The van der Waals surface area contributed by atoms with Gasteiger partial charge in [-0.2, -0.15) is 0 Å². The number of aromatic nitrogens is 1. The third-order valence-corrected chi connectivity index (χ3v) is 1.37. The first-order valence-corrected chi connectivity index (χ1v) is 3.43. The first-order chi connectivity index (χ1) is 5.18. The van der Waals surface area contributed by atoms with Gasteiger partial charge >= 0.3 is 0 Å². The van der Waals surface area contributed by atoms with Crippen LogP contribution in [0.1, 0.15) is 11.3 Å². The molecule has 0 amide bonds. The summed E-state index contributed by atoms with van der Waals surface area (Å²) in [4.78, 5) is 4.08. The molecule has 0 spiro atoms. The minimum absolute atomic E-state index is 0.177. The van der Waals surface area contributed by atoms with Crippen molar-refractivity contribution >= 4 is 5.84 Å². The monoisotopic (exact) mass is 149 g/mol. The predicted octanol–water partition coefficient (Wildman–Crippen LogP) is 0.868. The molecule has 0 atom stereocenters. The quantitative estimate of drug-likeness (QED) is 0.484. The van der Waals surface area contributed by atoms with E-state index in [2.05, 4.69) is 4.98 Å². The fourth-order valence-corrected chi connectivity index (χ4v) is 0.823. The zero-order chi connectivity index (χ0) is 8.27. The Kier molecular flexibility index (Phi) is 2.21. The maximum absolute atomic E-state index is 7.04. The number of amidine groups is 1. The van der Waals surface area contributed by atoms with E-state index >= 15 is 0 Å². The van der Waals surface area contributed by atoms with E-state index in [0.717, 1.165) is 11.3 Å². The van der Waals surface area contributed by atoms with Crippen LogP contribution in [0.4, 0.5) is 0 Å². The molecule has 3 nitrogen and oxygen atoms in total. The Balaban J connectivity index is 2.74. The molecule has 1 heterocycles. The zero-order valence-electron chi connectivity index (χ0n) is 6.46. The molecule has 0 bridgehead atoms. The van der Waals surface area contributed by atoms with Gasteiger partial charge in [-0.1, -0.05) is 6.07 Å². The van der Waals surface area contributed by atoms with Crippen molar-refractivity contribution in [2.45, 2.75) is 13.3 Å². The molecule has 0 radical (unpaired) electrons. The van der Waals surface area contributed by atoms with Crippen LogP contribution in [0.15, 0.2) is 18.3 Å². The summed E-state index contributed by atoms with van der Waals surface area (Å²) in [5, 5.41) is 7.04. The maximum atomic E-state index is 7.04. The molecule has 0 unspecified atom stereocenters. The Labute approximate surface area is 65.8 Å². The second-order valence-corrected chi connectivity index (χ2v) is 2.51. The summed E-state index contributed by atoms with van der Waals surface area (Å²) in [5.74, 6) is 0.177. The second kappa shape index (κ2) is 3.14. The van der Waals surface area contributed by atoms with Gasteiger partial charge in [-0.05, 0) is 18.6 Å². The Bertz CT molecular complexity index is 251. The molecular formula is C8H11N3. The van der Waals surface area contributed by atoms with Crippen molar-refractivity contribution < 1.29 is 0 Å². The van der Waals surface area contributed by atoms with Gasteiger partial charge in [-0.15, -0.1) is 0 Å². The van der Waals surface area contributed by atoms with Crippen LogP contribution in [0.2, 0.25) is 0 Å². The Morgan fingerprint density at radius 1 is 1.64 bits per heavy atom. The molecule has 0 fully saturated rings. The summed E-state index contributed by atoms with van der Waals surface area (Å²) in [7, 11) is 0. The molecule has 0 saturated heterocycles. The number of nitrogens with zero attached hydrogens (tertiary/aromatic N) is 1. The van der Waals surface area contributed by atoms with E-state index in [0.29, 0.717) is 6.42 Å². The van der Waals surface area contributed by atoms with Crippen LogP contribution in [-0.4, -0.2) is 10.8 Å². The first kappa shape index (κ1) is 7.72. The number of rotatable bonds is 2. The van der Waals surface area contributed by atoms with Crippen molar-refractivity contribution in [1.29, 1.82) is 5.41 Å². The average Bonchev–Trinajstić information content (AvgIpc) is 1.93. The smallest absolute Gasteiger partial charge is 0.0950 e. The van der Waals surface area contributed by atoms with Crippen molar-refractivity contribution in [2.24, 2.45) is 5.73 Å². The molecule has 3 N–H and O–H groups in total.